The topological polar surface area (TPSA) is 60.9 Å². The SMILES string of the molecule is Cc1cnn(C)c1C(=O)C(N)C(C)(C)C. The van der Waals surface area contributed by atoms with Gasteiger partial charge >= 0.3 is 0 Å². The molecule has 0 aliphatic rings. The van der Waals surface area contributed by atoms with Gasteiger partial charge < -0.3 is 5.73 Å². The Bertz CT molecular complexity index is 354. The quantitative estimate of drug-likeness (QED) is 0.746. The number of hydrogen-bond donors (Lipinski definition) is 1. The van der Waals surface area contributed by atoms with Crippen molar-refractivity contribution in [2.24, 2.45) is 18.2 Å². The van der Waals surface area contributed by atoms with Crippen LogP contribution in [-0.4, -0.2) is 21.6 Å². The minimum Gasteiger partial charge on any atom is -0.321 e. The molecule has 1 heterocycles. The predicted molar refractivity (Wildman–Crippen MR) is 59.7 cm³/mol. The number of aromatic nitrogens is 2. The molecule has 2 N–H and O–H groups in total. The van der Waals surface area contributed by atoms with E-state index in [-0.39, 0.29) is 11.2 Å². The van der Waals surface area contributed by atoms with E-state index in [0.29, 0.717) is 5.69 Å². The monoisotopic (exact) mass is 209 g/mol. The van der Waals surface area contributed by atoms with Crippen molar-refractivity contribution in [1.82, 2.24) is 9.78 Å². The van der Waals surface area contributed by atoms with E-state index in [2.05, 4.69) is 5.10 Å². The molecule has 15 heavy (non-hydrogen) atoms. The lowest BCUT2D eigenvalue weighted by Crippen LogP contribution is -2.43. The van der Waals surface area contributed by atoms with E-state index < -0.39 is 6.04 Å². The Kier molecular flexibility index (Phi) is 3.00. The number of aryl methyl sites for hydroxylation is 2. The number of nitrogens with two attached hydrogens (primary N) is 1. The van der Waals surface area contributed by atoms with Crippen LogP contribution in [-0.2, 0) is 7.05 Å². The molecule has 0 fully saturated rings. The molecule has 1 aromatic heterocycles. The third kappa shape index (κ3) is 2.26. The van der Waals surface area contributed by atoms with E-state index in [1.165, 1.54) is 0 Å². The molecule has 1 aromatic rings. The lowest BCUT2D eigenvalue weighted by Gasteiger charge is -2.25. The van der Waals surface area contributed by atoms with E-state index in [4.69, 9.17) is 5.73 Å². The molecule has 1 atom stereocenters. The zero-order valence-electron chi connectivity index (χ0n) is 10.0. The molecule has 1 rings (SSSR count). The first-order chi connectivity index (χ1) is 6.75. The van der Waals surface area contributed by atoms with Crippen molar-refractivity contribution in [3.05, 3.63) is 17.5 Å². The number of carbonyl (C=O) groups is 1. The summed E-state index contributed by atoms with van der Waals surface area (Å²) >= 11 is 0. The molecule has 0 aliphatic heterocycles. The molecule has 0 spiro atoms. The van der Waals surface area contributed by atoms with Crippen LogP contribution in [0.15, 0.2) is 6.20 Å². The molecule has 1 unspecified atom stereocenters. The Balaban J connectivity index is 3.06. The molecule has 0 amide bonds. The molecule has 0 saturated carbocycles. The maximum atomic E-state index is 12.1. The first kappa shape index (κ1) is 11.9. The van der Waals surface area contributed by atoms with Crippen molar-refractivity contribution in [1.29, 1.82) is 0 Å². The van der Waals surface area contributed by atoms with E-state index in [1.54, 1.807) is 17.9 Å². The van der Waals surface area contributed by atoms with Crippen LogP contribution in [0.5, 0.6) is 0 Å². The number of hydrogen-bond acceptors (Lipinski definition) is 3. The van der Waals surface area contributed by atoms with Crippen molar-refractivity contribution < 1.29 is 4.79 Å². The molecule has 0 radical (unpaired) electrons. The summed E-state index contributed by atoms with van der Waals surface area (Å²) in [5, 5.41) is 4.04. The maximum Gasteiger partial charge on any atom is 0.198 e. The fourth-order valence-corrected chi connectivity index (χ4v) is 1.44. The average Bonchev–Trinajstić information content (AvgIpc) is 2.42. The molecular formula is C11H19N3O. The molecule has 0 aromatic carbocycles. The minimum absolute atomic E-state index is 0.0417. The lowest BCUT2D eigenvalue weighted by molar-refractivity contribution is 0.0891. The Labute approximate surface area is 90.5 Å². The largest absolute Gasteiger partial charge is 0.321 e. The zero-order chi connectivity index (χ0) is 11.8. The van der Waals surface area contributed by atoms with Gasteiger partial charge in [-0.15, -0.1) is 0 Å². The second-order valence-electron chi connectivity index (χ2n) is 5.01. The fourth-order valence-electron chi connectivity index (χ4n) is 1.44. The van der Waals surface area contributed by atoms with E-state index >= 15 is 0 Å². The third-order valence-electron chi connectivity index (χ3n) is 2.57. The van der Waals surface area contributed by atoms with E-state index in [0.717, 1.165) is 5.56 Å². The Morgan fingerprint density at radius 3 is 2.40 bits per heavy atom. The van der Waals surface area contributed by atoms with Gasteiger partial charge in [-0.05, 0) is 17.9 Å². The molecule has 0 aliphatic carbocycles. The third-order valence-corrected chi connectivity index (χ3v) is 2.57. The lowest BCUT2D eigenvalue weighted by atomic mass is 9.83. The molecule has 4 nitrogen and oxygen atoms in total. The molecule has 0 bridgehead atoms. The summed E-state index contributed by atoms with van der Waals surface area (Å²) in [4.78, 5) is 12.1. The number of ketones is 1. The summed E-state index contributed by atoms with van der Waals surface area (Å²) in [5.74, 6) is -0.0417. The minimum atomic E-state index is -0.494. The summed E-state index contributed by atoms with van der Waals surface area (Å²) in [7, 11) is 1.76. The van der Waals surface area contributed by atoms with Gasteiger partial charge in [0.15, 0.2) is 5.78 Å². The number of rotatable bonds is 2. The smallest absolute Gasteiger partial charge is 0.198 e. The summed E-state index contributed by atoms with van der Waals surface area (Å²) < 4.78 is 1.59. The van der Waals surface area contributed by atoms with Crippen LogP contribution in [0.2, 0.25) is 0 Å². The van der Waals surface area contributed by atoms with Crippen LogP contribution in [0, 0.1) is 12.3 Å². The van der Waals surface area contributed by atoms with Crippen molar-refractivity contribution in [3.8, 4) is 0 Å². The molecule has 84 valence electrons. The second-order valence-corrected chi connectivity index (χ2v) is 5.01. The Hall–Kier alpha value is -1.16. The Morgan fingerprint density at radius 1 is 1.53 bits per heavy atom. The molecule has 0 saturated heterocycles. The highest BCUT2D eigenvalue weighted by molar-refractivity contribution is 6.00. The highest BCUT2D eigenvalue weighted by atomic mass is 16.1. The van der Waals surface area contributed by atoms with Crippen LogP contribution in [0.4, 0.5) is 0 Å². The predicted octanol–water partition coefficient (Wildman–Crippen LogP) is 1.28. The van der Waals surface area contributed by atoms with Gasteiger partial charge in [-0.25, -0.2) is 0 Å². The van der Waals surface area contributed by atoms with Gasteiger partial charge in [-0.3, -0.25) is 9.48 Å². The summed E-state index contributed by atoms with van der Waals surface area (Å²) in [6.45, 7) is 7.75. The van der Waals surface area contributed by atoms with Crippen molar-refractivity contribution >= 4 is 5.78 Å². The maximum absolute atomic E-state index is 12.1. The normalized spacial score (nSPS) is 14.0. The second kappa shape index (κ2) is 3.77. The molecule has 4 heteroatoms. The van der Waals surface area contributed by atoms with Gasteiger partial charge in [-0.1, -0.05) is 20.8 Å². The standard InChI is InChI=1S/C11H19N3O/c1-7-6-13-14(5)8(7)9(15)10(12)11(2,3)4/h6,10H,12H2,1-5H3. The van der Waals surface area contributed by atoms with Crippen molar-refractivity contribution in [3.63, 3.8) is 0 Å². The molecular weight excluding hydrogens is 190 g/mol. The van der Waals surface area contributed by atoms with E-state index in [1.807, 2.05) is 27.7 Å². The first-order valence-corrected chi connectivity index (χ1v) is 5.03. The van der Waals surface area contributed by atoms with Gasteiger partial charge in [0.25, 0.3) is 0 Å². The zero-order valence-corrected chi connectivity index (χ0v) is 10.0. The van der Waals surface area contributed by atoms with Crippen molar-refractivity contribution in [2.45, 2.75) is 33.7 Å². The van der Waals surface area contributed by atoms with Gasteiger partial charge in [0.1, 0.15) is 5.69 Å². The number of Topliss-reactive ketones (excluding diaryl/α,β-unsaturated/α-hetero) is 1. The average molecular weight is 209 g/mol. The Morgan fingerprint density at radius 2 is 2.07 bits per heavy atom. The highest BCUT2D eigenvalue weighted by Gasteiger charge is 2.30. The number of nitrogens with zero attached hydrogens (tertiary/aromatic N) is 2. The first-order valence-electron chi connectivity index (χ1n) is 5.03. The van der Waals surface area contributed by atoms with Crippen LogP contribution in [0.3, 0.4) is 0 Å². The highest BCUT2D eigenvalue weighted by Crippen LogP contribution is 2.21. The van der Waals surface area contributed by atoms with Crippen LogP contribution >= 0.6 is 0 Å². The van der Waals surface area contributed by atoms with Gasteiger partial charge in [0.2, 0.25) is 0 Å². The number of carbonyl (C=O) groups excluding carboxylic acids is 1. The van der Waals surface area contributed by atoms with Gasteiger partial charge in [-0.2, -0.15) is 5.10 Å². The fraction of sp³-hybridized carbons (Fsp3) is 0.636. The van der Waals surface area contributed by atoms with Crippen molar-refractivity contribution in [2.75, 3.05) is 0 Å². The summed E-state index contributed by atoms with van der Waals surface area (Å²) in [5.41, 5.74) is 7.19. The summed E-state index contributed by atoms with van der Waals surface area (Å²) in [6.07, 6.45) is 1.68. The van der Waals surface area contributed by atoms with Crippen LogP contribution in [0.25, 0.3) is 0 Å². The summed E-state index contributed by atoms with van der Waals surface area (Å²) in [6, 6.07) is -0.494. The van der Waals surface area contributed by atoms with Crippen LogP contribution in [0.1, 0.15) is 36.8 Å². The van der Waals surface area contributed by atoms with E-state index in [9.17, 15) is 4.79 Å². The van der Waals surface area contributed by atoms with Gasteiger partial charge in [0.05, 0.1) is 12.2 Å². The van der Waals surface area contributed by atoms with Crippen LogP contribution < -0.4 is 5.73 Å². The van der Waals surface area contributed by atoms with Gasteiger partial charge in [0, 0.05) is 7.05 Å².